The number of pyridine rings is 1. The number of rotatable bonds is 5. The first-order valence-electron chi connectivity index (χ1n) is 6.32. The van der Waals surface area contributed by atoms with Crippen LogP contribution in [0.4, 0.5) is 0 Å². The van der Waals surface area contributed by atoms with Crippen molar-refractivity contribution in [3.05, 3.63) is 40.3 Å². The number of ketones is 1. The summed E-state index contributed by atoms with van der Waals surface area (Å²) in [5, 5.41) is 4.85. The number of halogens is 1. The molecular formula is C14H16ClN3O2. The molecule has 2 heterocycles. The van der Waals surface area contributed by atoms with E-state index in [2.05, 4.69) is 10.1 Å². The monoisotopic (exact) mass is 293 g/mol. The number of carbonyl (C=O) groups excluding carboxylic acids is 1. The van der Waals surface area contributed by atoms with Gasteiger partial charge in [-0.3, -0.25) is 9.48 Å². The second-order valence-corrected chi connectivity index (χ2v) is 4.70. The van der Waals surface area contributed by atoms with Gasteiger partial charge in [-0.25, -0.2) is 4.98 Å². The summed E-state index contributed by atoms with van der Waals surface area (Å²) in [6.45, 7) is 4.45. The molecule has 0 bridgehead atoms. The molecule has 5 nitrogen and oxygen atoms in total. The van der Waals surface area contributed by atoms with Crippen LogP contribution in [-0.2, 0) is 13.0 Å². The Bertz CT molecular complexity index is 637. The third-order valence-electron chi connectivity index (χ3n) is 3.05. The van der Waals surface area contributed by atoms with Crippen molar-refractivity contribution in [2.75, 3.05) is 7.11 Å². The Hall–Kier alpha value is -1.88. The van der Waals surface area contributed by atoms with E-state index >= 15 is 0 Å². The maximum atomic E-state index is 12.4. The molecular weight excluding hydrogens is 278 g/mol. The quantitative estimate of drug-likeness (QED) is 0.795. The summed E-state index contributed by atoms with van der Waals surface area (Å²) in [6, 6.07) is 3.40. The third-order valence-corrected chi connectivity index (χ3v) is 3.54. The highest BCUT2D eigenvalue weighted by atomic mass is 35.5. The zero-order chi connectivity index (χ0) is 14.7. The maximum absolute atomic E-state index is 12.4. The van der Waals surface area contributed by atoms with Gasteiger partial charge in [0.25, 0.3) is 0 Å². The molecule has 2 aromatic heterocycles. The Balaban J connectivity index is 2.33. The topological polar surface area (TPSA) is 57.0 Å². The van der Waals surface area contributed by atoms with Gasteiger partial charge in [0.2, 0.25) is 5.88 Å². The molecule has 20 heavy (non-hydrogen) atoms. The van der Waals surface area contributed by atoms with Crippen molar-refractivity contribution < 1.29 is 9.53 Å². The molecule has 0 aromatic carbocycles. The lowest BCUT2D eigenvalue weighted by Gasteiger charge is -2.07. The molecule has 0 unspecified atom stereocenters. The van der Waals surface area contributed by atoms with E-state index in [9.17, 15) is 4.79 Å². The molecule has 0 N–H and O–H groups in total. The van der Waals surface area contributed by atoms with Gasteiger partial charge in [-0.15, -0.1) is 0 Å². The zero-order valence-electron chi connectivity index (χ0n) is 11.7. The summed E-state index contributed by atoms with van der Waals surface area (Å²) in [5.74, 6) is 0.236. The van der Waals surface area contributed by atoms with Crippen LogP contribution in [0.15, 0.2) is 18.3 Å². The first-order valence-corrected chi connectivity index (χ1v) is 6.70. The van der Waals surface area contributed by atoms with Crippen molar-refractivity contribution in [2.45, 2.75) is 26.8 Å². The molecule has 0 spiro atoms. The van der Waals surface area contributed by atoms with Crippen molar-refractivity contribution in [3.63, 3.8) is 0 Å². The van der Waals surface area contributed by atoms with E-state index in [1.807, 2.05) is 13.8 Å². The van der Waals surface area contributed by atoms with E-state index in [1.54, 1.807) is 23.0 Å². The van der Waals surface area contributed by atoms with Crippen LogP contribution < -0.4 is 4.74 Å². The predicted molar refractivity (Wildman–Crippen MR) is 76.5 cm³/mol. The molecule has 106 valence electrons. The van der Waals surface area contributed by atoms with Gasteiger partial charge in [0.1, 0.15) is 0 Å². The lowest BCUT2D eigenvalue weighted by atomic mass is 10.1. The molecule has 0 aliphatic carbocycles. The van der Waals surface area contributed by atoms with E-state index in [-0.39, 0.29) is 12.2 Å². The van der Waals surface area contributed by atoms with E-state index in [1.165, 1.54) is 7.11 Å². The summed E-state index contributed by atoms with van der Waals surface area (Å²) in [7, 11) is 1.49. The smallest absolute Gasteiger partial charge is 0.224 e. The minimum absolute atomic E-state index is 0.0912. The first-order chi connectivity index (χ1) is 9.58. The summed E-state index contributed by atoms with van der Waals surface area (Å²) < 4.78 is 6.86. The summed E-state index contributed by atoms with van der Waals surface area (Å²) >= 11 is 6.22. The fraction of sp³-hybridized carbons (Fsp3) is 0.357. The second kappa shape index (κ2) is 6.05. The fourth-order valence-electron chi connectivity index (χ4n) is 2.05. The van der Waals surface area contributed by atoms with Gasteiger partial charge >= 0.3 is 0 Å². The van der Waals surface area contributed by atoms with E-state index in [4.69, 9.17) is 16.3 Å². The van der Waals surface area contributed by atoms with Gasteiger partial charge in [0, 0.05) is 12.7 Å². The molecule has 0 fully saturated rings. The highest BCUT2D eigenvalue weighted by molar-refractivity contribution is 6.32. The highest BCUT2D eigenvalue weighted by Crippen LogP contribution is 2.23. The van der Waals surface area contributed by atoms with Crippen LogP contribution in [0.25, 0.3) is 0 Å². The number of ether oxygens (including phenoxy) is 1. The second-order valence-electron chi connectivity index (χ2n) is 4.32. The number of nitrogens with zero attached hydrogens (tertiary/aromatic N) is 3. The highest BCUT2D eigenvalue weighted by Gasteiger charge is 2.19. The van der Waals surface area contributed by atoms with Crippen LogP contribution in [-0.4, -0.2) is 27.7 Å². The van der Waals surface area contributed by atoms with E-state index < -0.39 is 0 Å². The van der Waals surface area contributed by atoms with E-state index in [0.717, 1.165) is 11.4 Å². The normalized spacial score (nSPS) is 10.6. The number of hydrogen-bond acceptors (Lipinski definition) is 4. The number of carbonyl (C=O) groups is 1. The first kappa shape index (κ1) is 14.5. The molecule has 0 aliphatic heterocycles. The summed E-state index contributed by atoms with van der Waals surface area (Å²) in [6.07, 6.45) is 1.76. The molecule has 6 heteroatoms. The molecule has 0 aliphatic rings. The van der Waals surface area contributed by atoms with Crippen molar-refractivity contribution in [3.8, 4) is 5.88 Å². The predicted octanol–water partition coefficient (Wildman–Crippen LogP) is 2.69. The van der Waals surface area contributed by atoms with Gasteiger partial charge in [-0.1, -0.05) is 11.6 Å². The number of methoxy groups -OCH3 is 1. The van der Waals surface area contributed by atoms with E-state index in [0.29, 0.717) is 23.0 Å². The summed E-state index contributed by atoms with van der Waals surface area (Å²) in [5.41, 5.74) is 1.91. The van der Waals surface area contributed by atoms with Crippen LogP contribution in [0.5, 0.6) is 5.88 Å². The van der Waals surface area contributed by atoms with Crippen LogP contribution >= 0.6 is 11.6 Å². The van der Waals surface area contributed by atoms with Gasteiger partial charge < -0.3 is 4.74 Å². The van der Waals surface area contributed by atoms with Crippen molar-refractivity contribution in [1.82, 2.24) is 14.8 Å². The van der Waals surface area contributed by atoms with Gasteiger partial charge in [0.15, 0.2) is 5.78 Å². The third kappa shape index (κ3) is 2.67. The van der Waals surface area contributed by atoms with Gasteiger partial charge in [-0.2, -0.15) is 5.10 Å². The average molecular weight is 294 g/mol. The maximum Gasteiger partial charge on any atom is 0.224 e. The number of Topliss-reactive ketones (excluding diaryl/α,β-unsaturated/α-hetero) is 1. The standard InChI is InChI=1S/C14H16ClN3O2/c1-4-18-11(13(15)9(2)17-18)8-12(19)10-6-5-7-16-14(10)20-3/h5-7H,4,8H2,1-3H3. The van der Waals surface area contributed by atoms with Crippen LogP contribution in [0.2, 0.25) is 5.02 Å². The van der Waals surface area contributed by atoms with Crippen molar-refractivity contribution in [1.29, 1.82) is 0 Å². The van der Waals surface area contributed by atoms with Gasteiger partial charge in [-0.05, 0) is 26.0 Å². The Kier molecular flexibility index (Phi) is 4.39. The van der Waals surface area contributed by atoms with Crippen LogP contribution in [0.3, 0.4) is 0 Å². The zero-order valence-corrected chi connectivity index (χ0v) is 12.4. The SMILES string of the molecule is CCn1nc(C)c(Cl)c1CC(=O)c1cccnc1OC. The van der Waals surface area contributed by atoms with Crippen molar-refractivity contribution >= 4 is 17.4 Å². The Labute approximate surface area is 122 Å². The number of aromatic nitrogens is 3. The number of hydrogen-bond donors (Lipinski definition) is 0. The average Bonchev–Trinajstić information content (AvgIpc) is 2.74. The lowest BCUT2D eigenvalue weighted by molar-refractivity contribution is 0.0987. The minimum atomic E-state index is -0.0912. The van der Waals surface area contributed by atoms with Gasteiger partial charge in [0.05, 0.1) is 35.5 Å². The summed E-state index contributed by atoms with van der Waals surface area (Å²) in [4.78, 5) is 16.4. The molecule has 0 amide bonds. The largest absolute Gasteiger partial charge is 0.480 e. The Morgan fingerprint density at radius 2 is 2.25 bits per heavy atom. The fourth-order valence-corrected chi connectivity index (χ4v) is 2.25. The van der Waals surface area contributed by atoms with Crippen LogP contribution in [0, 0.1) is 6.92 Å². The molecule has 2 aromatic rings. The molecule has 2 rings (SSSR count). The van der Waals surface area contributed by atoms with Crippen molar-refractivity contribution in [2.24, 2.45) is 0 Å². The van der Waals surface area contributed by atoms with Crippen LogP contribution in [0.1, 0.15) is 28.7 Å². The number of aryl methyl sites for hydroxylation is 2. The molecule has 0 saturated carbocycles. The molecule has 0 atom stereocenters. The molecule has 0 saturated heterocycles. The Morgan fingerprint density at radius 1 is 1.50 bits per heavy atom. The lowest BCUT2D eigenvalue weighted by Crippen LogP contribution is -2.11. The minimum Gasteiger partial charge on any atom is -0.480 e. The molecule has 0 radical (unpaired) electrons. The Morgan fingerprint density at radius 3 is 2.90 bits per heavy atom.